The fourth-order valence-corrected chi connectivity index (χ4v) is 2.73. The Morgan fingerprint density at radius 3 is 2.46 bits per heavy atom. The van der Waals surface area contributed by atoms with Crippen LogP contribution in [0.5, 0.6) is 0 Å². The van der Waals surface area contributed by atoms with Gasteiger partial charge in [-0.2, -0.15) is 13.2 Å². The summed E-state index contributed by atoms with van der Waals surface area (Å²) in [4.78, 5) is 5.29. The van der Waals surface area contributed by atoms with E-state index in [0.29, 0.717) is 25.2 Å². The Morgan fingerprint density at radius 1 is 1.17 bits per heavy atom. The van der Waals surface area contributed by atoms with Crippen LogP contribution < -0.4 is 10.6 Å². The molecule has 1 fully saturated rings. The second-order valence-electron chi connectivity index (χ2n) is 6.26. The average Bonchev–Trinajstić information content (AvgIpc) is 2.52. The SMILES string of the molecule is CN=C(NCCCOC1CCCCC1)NCCN(C)CC(F)(F)F. The van der Waals surface area contributed by atoms with E-state index in [2.05, 4.69) is 15.6 Å². The van der Waals surface area contributed by atoms with Gasteiger partial charge in [0.1, 0.15) is 0 Å². The van der Waals surface area contributed by atoms with Crippen molar-refractivity contribution in [2.45, 2.75) is 50.8 Å². The van der Waals surface area contributed by atoms with Crippen LogP contribution in [0.3, 0.4) is 0 Å². The third kappa shape index (κ3) is 10.7. The Hall–Kier alpha value is -1.02. The molecular weight excluding hydrogens is 321 g/mol. The minimum atomic E-state index is -4.16. The number of nitrogens with zero attached hydrogens (tertiary/aromatic N) is 2. The lowest BCUT2D eigenvalue weighted by Crippen LogP contribution is -2.42. The molecule has 0 amide bonds. The maximum Gasteiger partial charge on any atom is 0.401 e. The summed E-state index contributed by atoms with van der Waals surface area (Å²) in [7, 11) is 3.10. The second kappa shape index (κ2) is 11.5. The fourth-order valence-electron chi connectivity index (χ4n) is 2.73. The molecule has 1 aliphatic rings. The van der Waals surface area contributed by atoms with E-state index in [1.54, 1.807) is 7.05 Å². The fraction of sp³-hybridized carbons (Fsp3) is 0.938. The van der Waals surface area contributed by atoms with Crippen LogP contribution in [0.4, 0.5) is 13.2 Å². The zero-order chi connectivity index (χ0) is 17.8. The van der Waals surface area contributed by atoms with Gasteiger partial charge in [0.2, 0.25) is 0 Å². The summed E-state index contributed by atoms with van der Waals surface area (Å²) in [5.74, 6) is 0.605. The second-order valence-corrected chi connectivity index (χ2v) is 6.26. The van der Waals surface area contributed by atoms with Gasteiger partial charge < -0.3 is 15.4 Å². The summed E-state index contributed by atoms with van der Waals surface area (Å²) in [5, 5.41) is 6.16. The van der Waals surface area contributed by atoms with Gasteiger partial charge in [0.15, 0.2) is 5.96 Å². The largest absolute Gasteiger partial charge is 0.401 e. The molecule has 0 aromatic carbocycles. The highest BCUT2D eigenvalue weighted by molar-refractivity contribution is 5.79. The van der Waals surface area contributed by atoms with Gasteiger partial charge in [0.05, 0.1) is 12.6 Å². The van der Waals surface area contributed by atoms with Crippen molar-refractivity contribution in [2.75, 3.05) is 46.9 Å². The molecule has 0 aromatic rings. The highest BCUT2D eigenvalue weighted by atomic mass is 19.4. The molecular formula is C16H31F3N4O. The van der Waals surface area contributed by atoms with Gasteiger partial charge in [0, 0.05) is 33.3 Å². The van der Waals surface area contributed by atoms with E-state index < -0.39 is 12.7 Å². The Kier molecular flexibility index (Phi) is 10.1. The monoisotopic (exact) mass is 352 g/mol. The van der Waals surface area contributed by atoms with Crippen LogP contribution in [0.25, 0.3) is 0 Å². The Balaban J connectivity index is 2.03. The third-order valence-electron chi connectivity index (χ3n) is 3.98. The van der Waals surface area contributed by atoms with E-state index in [1.165, 1.54) is 44.1 Å². The first-order chi connectivity index (χ1) is 11.4. The molecule has 8 heteroatoms. The number of hydrogen-bond donors (Lipinski definition) is 2. The van der Waals surface area contributed by atoms with Gasteiger partial charge in [-0.15, -0.1) is 0 Å². The van der Waals surface area contributed by atoms with E-state index in [1.807, 2.05) is 0 Å². The summed E-state index contributed by atoms with van der Waals surface area (Å²) >= 11 is 0. The van der Waals surface area contributed by atoms with Crippen molar-refractivity contribution in [3.63, 3.8) is 0 Å². The van der Waals surface area contributed by atoms with Gasteiger partial charge in [-0.25, -0.2) is 0 Å². The molecule has 0 spiro atoms. The molecule has 0 bridgehead atoms. The predicted octanol–water partition coefficient (Wildman–Crippen LogP) is 2.38. The minimum absolute atomic E-state index is 0.297. The van der Waals surface area contributed by atoms with Gasteiger partial charge in [0.25, 0.3) is 0 Å². The number of rotatable bonds is 9. The van der Waals surface area contributed by atoms with E-state index in [4.69, 9.17) is 4.74 Å². The Labute approximate surface area is 143 Å². The van der Waals surface area contributed by atoms with Crippen LogP contribution in [0.2, 0.25) is 0 Å². The molecule has 0 heterocycles. The summed E-state index contributed by atoms with van der Waals surface area (Å²) in [6.45, 7) is 1.25. The van der Waals surface area contributed by atoms with Crippen LogP contribution >= 0.6 is 0 Å². The first-order valence-electron chi connectivity index (χ1n) is 8.72. The number of nitrogens with one attached hydrogen (secondary N) is 2. The molecule has 0 radical (unpaired) electrons. The summed E-state index contributed by atoms with van der Waals surface area (Å²) in [6.07, 6.45) is 3.33. The van der Waals surface area contributed by atoms with Crippen LogP contribution in [0, 0.1) is 0 Å². The molecule has 1 saturated carbocycles. The zero-order valence-electron chi connectivity index (χ0n) is 14.8. The molecule has 0 saturated heterocycles. The third-order valence-corrected chi connectivity index (χ3v) is 3.98. The summed E-state index contributed by atoms with van der Waals surface area (Å²) in [6, 6.07) is 0. The maximum absolute atomic E-state index is 12.2. The first kappa shape index (κ1) is 21.0. The van der Waals surface area contributed by atoms with Crippen molar-refractivity contribution < 1.29 is 17.9 Å². The number of halogens is 3. The number of hydrogen-bond acceptors (Lipinski definition) is 3. The highest BCUT2D eigenvalue weighted by Gasteiger charge is 2.28. The first-order valence-corrected chi connectivity index (χ1v) is 8.72. The summed E-state index contributed by atoms with van der Waals surface area (Å²) in [5.41, 5.74) is 0. The molecule has 5 nitrogen and oxygen atoms in total. The van der Waals surface area contributed by atoms with Crippen molar-refractivity contribution in [1.82, 2.24) is 15.5 Å². The van der Waals surface area contributed by atoms with Crippen LogP contribution in [0.1, 0.15) is 38.5 Å². The number of guanidine groups is 1. The standard InChI is InChI=1S/C16H31F3N4O/c1-20-15(22-10-11-23(2)13-16(17,18)19)21-9-6-12-24-14-7-4-3-5-8-14/h14H,3-13H2,1-2H3,(H2,20,21,22). The Morgan fingerprint density at radius 2 is 1.83 bits per heavy atom. The minimum Gasteiger partial charge on any atom is -0.378 e. The average molecular weight is 352 g/mol. The lowest BCUT2D eigenvalue weighted by molar-refractivity contribution is -0.142. The van der Waals surface area contributed by atoms with Crippen molar-refractivity contribution in [1.29, 1.82) is 0 Å². The van der Waals surface area contributed by atoms with Gasteiger partial charge >= 0.3 is 6.18 Å². The lowest BCUT2D eigenvalue weighted by Gasteiger charge is -2.22. The molecule has 1 rings (SSSR count). The van der Waals surface area contributed by atoms with Crippen molar-refractivity contribution in [3.05, 3.63) is 0 Å². The number of ether oxygens (including phenoxy) is 1. The van der Waals surface area contributed by atoms with Crippen LogP contribution in [-0.4, -0.2) is 70.0 Å². The topological polar surface area (TPSA) is 48.9 Å². The molecule has 142 valence electrons. The van der Waals surface area contributed by atoms with Gasteiger partial charge in [-0.05, 0) is 26.3 Å². The number of aliphatic imine (C=N–C) groups is 1. The number of alkyl halides is 3. The van der Waals surface area contributed by atoms with Crippen molar-refractivity contribution in [3.8, 4) is 0 Å². The predicted molar refractivity (Wildman–Crippen MR) is 90.4 cm³/mol. The molecule has 1 aliphatic carbocycles. The van der Waals surface area contributed by atoms with E-state index in [0.717, 1.165) is 19.6 Å². The Bertz CT molecular complexity index is 358. The van der Waals surface area contributed by atoms with Crippen molar-refractivity contribution in [2.24, 2.45) is 4.99 Å². The summed E-state index contributed by atoms with van der Waals surface area (Å²) < 4.78 is 42.5. The maximum atomic E-state index is 12.2. The van der Waals surface area contributed by atoms with E-state index in [-0.39, 0.29) is 0 Å². The number of likely N-dealkylation sites (N-methyl/N-ethyl adjacent to an activating group) is 1. The molecule has 0 atom stereocenters. The molecule has 0 unspecified atom stereocenters. The zero-order valence-corrected chi connectivity index (χ0v) is 14.8. The normalized spacial score (nSPS) is 17.3. The molecule has 2 N–H and O–H groups in total. The quantitative estimate of drug-likeness (QED) is 0.380. The smallest absolute Gasteiger partial charge is 0.378 e. The van der Waals surface area contributed by atoms with Gasteiger partial charge in [-0.1, -0.05) is 19.3 Å². The molecule has 0 aliphatic heterocycles. The highest BCUT2D eigenvalue weighted by Crippen LogP contribution is 2.20. The van der Waals surface area contributed by atoms with Crippen LogP contribution in [0.15, 0.2) is 4.99 Å². The van der Waals surface area contributed by atoms with Gasteiger partial charge in [-0.3, -0.25) is 9.89 Å². The lowest BCUT2D eigenvalue weighted by atomic mass is 9.98. The van der Waals surface area contributed by atoms with E-state index >= 15 is 0 Å². The van der Waals surface area contributed by atoms with E-state index in [9.17, 15) is 13.2 Å². The molecule has 0 aromatic heterocycles. The molecule has 24 heavy (non-hydrogen) atoms. The van der Waals surface area contributed by atoms with Crippen molar-refractivity contribution >= 4 is 5.96 Å². The van der Waals surface area contributed by atoms with Crippen LogP contribution in [-0.2, 0) is 4.74 Å².